The summed E-state index contributed by atoms with van der Waals surface area (Å²) in [7, 11) is 0. The summed E-state index contributed by atoms with van der Waals surface area (Å²) in [6, 6.07) is 12.1. The number of aliphatic hydroxyl groups is 1. The van der Waals surface area contributed by atoms with Crippen LogP contribution in [0.2, 0.25) is 10.0 Å². The molecule has 1 atom stereocenters. The number of rotatable bonds is 4. The number of furan rings is 1. The Hall–Kier alpha value is -3.09. The highest BCUT2D eigenvalue weighted by Gasteiger charge is 2.47. The lowest BCUT2D eigenvalue weighted by Crippen LogP contribution is -2.29. The summed E-state index contributed by atoms with van der Waals surface area (Å²) < 4.78 is 5.34. The average Bonchev–Trinajstić information content (AvgIpc) is 3.32. The van der Waals surface area contributed by atoms with E-state index in [0.29, 0.717) is 16.5 Å². The Morgan fingerprint density at radius 2 is 1.93 bits per heavy atom. The summed E-state index contributed by atoms with van der Waals surface area (Å²) in [6.07, 6.45) is 3.04. The molecule has 8 heteroatoms. The maximum atomic E-state index is 12.9. The molecule has 146 valence electrons. The number of pyridine rings is 1. The molecule has 1 aromatic carbocycles. The molecule has 1 unspecified atom stereocenters. The van der Waals surface area contributed by atoms with Gasteiger partial charge >= 0.3 is 0 Å². The highest BCUT2D eigenvalue weighted by molar-refractivity contribution is 6.46. The van der Waals surface area contributed by atoms with E-state index in [1.165, 1.54) is 29.4 Å². The van der Waals surface area contributed by atoms with Gasteiger partial charge in [-0.15, -0.1) is 0 Å². The van der Waals surface area contributed by atoms with Crippen LogP contribution in [0.25, 0.3) is 5.76 Å². The molecule has 0 radical (unpaired) electrons. The number of carbonyl (C=O) groups is 2. The van der Waals surface area contributed by atoms with Gasteiger partial charge in [-0.3, -0.25) is 14.6 Å². The molecule has 0 bridgehead atoms. The molecule has 4 rings (SSSR count). The zero-order chi connectivity index (χ0) is 20.5. The summed E-state index contributed by atoms with van der Waals surface area (Å²) in [6.45, 7) is 0.0525. The largest absolute Gasteiger partial charge is 0.507 e. The number of halogens is 2. The number of likely N-dealkylation sites (tertiary alicyclic amines) is 1. The van der Waals surface area contributed by atoms with E-state index in [1.807, 2.05) is 0 Å². The average molecular weight is 429 g/mol. The van der Waals surface area contributed by atoms with Crippen molar-refractivity contribution in [2.45, 2.75) is 12.6 Å². The van der Waals surface area contributed by atoms with Crippen LogP contribution < -0.4 is 0 Å². The van der Waals surface area contributed by atoms with Crippen molar-refractivity contribution in [3.05, 3.63) is 93.6 Å². The number of hydrogen-bond donors (Lipinski definition) is 1. The van der Waals surface area contributed by atoms with Gasteiger partial charge in [0.15, 0.2) is 0 Å². The Morgan fingerprint density at radius 3 is 2.59 bits per heavy atom. The number of Topliss-reactive ketones (excluding diaryl/α,β-unsaturated/α-hetero) is 1. The molecule has 1 fully saturated rings. The number of aromatic nitrogens is 1. The van der Waals surface area contributed by atoms with Crippen LogP contribution in [-0.2, 0) is 16.1 Å². The minimum absolute atomic E-state index is 0.0525. The Kier molecular flexibility index (Phi) is 5.13. The molecule has 1 aliphatic heterocycles. The number of hydrogen-bond acceptors (Lipinski definition) is 5. The first kappa shape index (κ1) is 19.2. The molecule has 1 amide bonds. The number of aliphatic hydroxyl groups excluding tert-OH is 1. The van der Waals surface area contributed by atoms with Crippen LogP contribution in [-0.4, -0.2) is 26.7 Å². The molecule has 2 aromatic heterocycles. The second kappa shape index (κ2) is 7.73. The van der Waals surface area contributed by atoms with Crippen molar-refractivity contribution in [2.75, 3.05) is 0 Å². The smallest absolute Gasteiger partial charge is 0.296 e. The quantitative estimate of drug-likeness (QED) is 0.372. The van der Waals surface area contributed by atoms with Crippen molar-refractivity contribution in [2.24, 2.45) is 0 Å². The number of benzene rings is 1. The van der Waals surface area contributed by atoms with Crippen LogP contribution in [0.15, 0.2) is 71.0 Å². The van der Waals surface area contributed by atoms with Crippen molar-refractivity contribution in [3.63, 3.8) is 0 Å². The van der Waals surface area contributed by atoms with E-state index in [-0.39, 0.29) is 28.5 Å². The lowest BCUT2D eigenvalue weighted by Gasteiger charge is -2.23. The Balaban J connectivity index is 1.87. The molecule has 1 N–H and O–H groups in total. The van der Waals surface area contributed by atoms with Gasteiger partial charge in [-0.05, 0) is 42.5 Å². The third-order valence-electron chi connectivity index (χ3n) is 4.61. The van der Waals surface area contributed by atoms with Crippen LogP contribution in [0.3, 0.4) is 0 Å². The van der Waals surface area contributed by atoms with E-state index < -0.39 is 17.7 Å². The molecule has 3 heterocycles. The summed E-state index contributed by atoms with van der Waals surface area (Å²) in [5, 5.41) is 11.5. The number of nitrogens with zero attached hydrogens (tertiary/aromatic N) is 2. The molecular weight excluding hydrogens is 415 g/mol. The fourth-order valence-corrected chi connectivity index (χ4v) is 3.56. The Labute approximate surface area is 176 Å². The molecular formula is C21H14Cl2N2O4. The van der Waals surface area contributed by atoms with Crippen molar-refractivity contribution in [1.82, 2.24) is 9.88 Å². The Morgan fingerprint density at radius 1 is 1.10 bits per heavy atom. The van der Waals surface area contributed by atoms with Crippen molar-refractivity contribution < 1.29 is 19.1 Å². The molecule has 29 heavy (non-hydrogen) atoms. The summed E-state index contributed by atoms with van der Waals surface area (Å²) in [4.78, 5) is 31.3. The molecule has 1 aliphatic rings. The molecule has 0 spiro atoms. The van der Waals surface area contributed by atoms with E-state index in [9.17, 15) is 14.7 Å². The van der Waals surface area contributed by atoms with Crippen LogP contribution >= 0.6 is 23.2 Å². The van der Waals surface area contributed by atoms with Gasteiger partial charge in [0.1, 0.15) is 17.6 Å². The second-order valence-corrected chi connectivity index (χ2v) is 7.20. The molecule has 6 nitrogen and oxygen atoms in total. The van der Waals surface area contributed by atoms with Crippen molar-refractivity contribution in [3.8, 4) is 0 Å². The van der Waals surface area contributed by atoms with Crippen LogP contribution in [0.4, 0.5) is 0 Å². The molecule has 3 aromatic rings. The van der Waals surface area contributed by atoms with Crippen molar-refractivity contribution in [1.29, 1.82) is 0 Å². The van der Waals surface area contributed by atoms with Crippen molar-refractivity contribution >= 4 is 40.7 Å². The monoisotopic (exact) mass is 428 g/mol. The predicted molar refractivity (Wildman–Crippen MR) is 107 cm³/mol. The lowest BCUT2D eigenvalue weighted by atomic mass is 9.98. The van der Waals surface area contributed by atoms with Gasteiger partial charge in [-0.1, -0.05) is 29.3 Å². The predicted octanol–water partition coefficient (Wildman–Crippen LogP) is 4.60. The topological polar surface area (TPSA) is 83.6 Å². The fourth-order valence-electron chi connectivity index (χ4n) is 3.26. The lowest BCUT2D eigenvalue weighted by molar-refractivity contribution is -0.140. The number of carbonyl (C=O) groups excluding carboxylic acids is 2. The maximum absolute atomic E-state index is 12.9. The first-order valence-electron chi connectivity index (χ1n) is 8.64. The zero-order valence-corrected chi connectivity index (χ0v) is 16.4. The van der Waals surface area contributed by atoms with E-state index >= 15 is 0 Å². The summed E-state index contributed by atoms with van der Waals surface area (Å²) in [5.41, 5.74) is 0.648. The van der Waals surface area contributed by atoms with Crippen LogP contribution in [0.5, 0.6) is 0 Å². The van der Waals surface area contributed by atoms with Gasteiger partial charge in [0.25, 0.3) is 11.7 Å². The highest BCUT2D eigenvalue weighted by Crippen LogP contribution is 2.40. The van der Waals surface area contributed by atoms with E-state index in [2.05, 4.69) is 4.98 Å². The SMILES string of the molecule is O=C1C(=O)N(Cc2ccco2)C(c2ccccn2)/C1=C(/O)c1ccc(Cl)c(Cl)c1. The molecule has 1 saturated heterocycles. The van der Waals surface area contributed by atoms with E-state index in [4.69, 9.17) is 27.6 Å². The summed E-state index contributed by atoms with van der Waals surface area (Å²) in [5.74, 6) is -1.41. The van der Waals surface area contributed by atoms with Gasteiger partial charge in [0.2, 0.25) is 0 Å². The van der Waals surface area contributed by atoms with Gasteiger partial charge in [0.05, 0.1) is 34.1 Å². The van der Waals surface area contributed by atoms with E-state index in [0.717, 1.165) is 0 Å². The first-order chi connectivity index (χ1) is 14.0. The molecule has 0 saturated carbocycles. The normalized spacial score (nSPS) is 18.4. The minimum Gasteiger partial charge on any atom is -0.507 e. The second-order valence-electron chi connectivity index (χ2n) is 6.39. The zero-order valence-electron chi connectivity index (χ0n) is 14.9. The Bertz CT molecular complexity index is 1110. The third-order valence-corrected chi connectivity index (χ3v) is 5.35. The summed E-state index contributed by atoms with van der Waals surface area (Å²) >= 11 is 12.0. The van der Waals surface area contributed by atoms with Gasteiger partial charge in [-0.2, -0.15) is 0 Å². The standard InChI is InChI=1S/C21H14Cl2N2O4/c22-14-7-6-12(10-15(14)23)19(26)17-18(16-5-1-2-8-24-16)25(21(28)20(17)27)11-13-4-3-9-29-13/h1-10,18,26H,11H2/b19-17-. The van der Waals surface area contributed by atoms with Crippen LogP contribution in [0, 0.1) is 0 Å². The van der Waals surface area contributed by atoms with Gasteiger partial charge < -0.3 is 14.4 Å². The fraction of sp³-hybridized carbons (Fsp3) is 0.0952. The third kappa shape index (κ3) is 3.52. The number of amides is 1. The van der Waals surface area contributed by atoms with Crippen LogP contribution in [0.1, 0.15) is 23.1 Å². The van der Waals surface area contributed by atoms with E-state index in [1.54, 1.807) is 36.5 Å². The maximum Gasteiger partial charge on any atom is 0.296 e. The van der Waals surface area contributed by atoms with Gasteiger partial charge in [0, 0.05) is 11.8 Å². The first-order valence-corrected chi connectivity index (χ1v) is 9.40. The highest BCUT2D eigenvalue weighted by atomic mass is 35.5. The van der Waals surface area contributed by atoms with Gasteiger partial charge in [-0.25, -0.2) is 0 Å². The number of ketones is 1. The molecule has 0 aliphatic carbocycles. The minimum atomic E-state index is -0.879.